The summed E-state index contributed by atoms with van der Waals surface area (Å²) in [6.07, 6.45) is 2.92. The van der Waals surface area contributed by atoms with Gasteiger partial charge in [0.25, 0.3) is 5.91 Å². The fourth-order valence-corrected chi connectivity index (χ4v) is 3.36. The van der Waals surface area contributed by atoms with Crippen LogP contribution >= 0.6 is 24.8 Å². The Bertz CT molecular complexity index is 718. The zero-order chi connectivity index (χ0) is 18.4. The fourth-order valence-electron chi connectivity index (χ4n) is 3.36. The molecule has 0 aliphatic carbocycles. The molecule has 0 unspecified atom stereocenters. The molecule has 2 aromatic rings. The molecule has 0 saturated carbocycles. The zero-order valence-electron chi connectivity index (χ0n) is 16.4. The van der Waals surface area contributed by atoms with Gasteiger partial charge in [-0.25, -0.2) is 4.68 Å². The standard InChI is InChI=1S/C19H28N6O.2ClH/c1-15-18(22-23-25(15)17-9-12-20-13-10-17)19(26)21-11-6-14-24(2)16-7-4-3-5-8-16;;/h3-5,7-8,17,20H,6,9-14H2,1-2H3,(H,21,26);2*1H. The van der Waals surface area contributed by atoms with Crippen molar-refractivity contribution in [3.8, 4) is 0 Å². The fraction of sp³-hybridized carbons (Fsp3) is 0.526. The predicted molar refractivity (Wildman–Crippen MR) is 117 cm³/mol. The van der Waals surface area contributed by atoms with Crippen LogP contribution in [-0.4, -0.2) is 54.1 Å². The lowest BCUT2D eigenvalue weighted by molar-refractivity contribution is 0.0947. The van der Waals surface area contributed by atoms with Gasteiger partial charge >= 0.3 is 0 Å². The van der Waals surface area contributed by atoms with Crippen molar-refractivity contribution in [3.63, 3.8) is 0 Å². The van der Waals surface area contributed by atoms with Crippen LogP contribution in [0.4, 0.5) is 5.69 Å². The van der Waals surface area contributed by atoms with Crippen LogP contribution in [0.5, 0.6) is 0 Å². The summed E-state index contributed by atoms with van der Waals surface area (Å²) < 4.78 is 1.92. The second-order valence-electron chi connectivity index (χ2n) is 6.82. The Morgan fingerprint density at radius 3 is 2.61 bits per heavy atom. The van der Waals surface area contributed by atoms with Gasteiger partial charge in [0.1, 0.15) is 0 Å². The Balaban J connectivity index is 0.00000196. The number of carbonyl (C=O) groups is 1. The van der Waals surface area contributed by atoms with Crippen molar-refractivity contribution in [3.05, 3.63) is 41.7 Å². The topological polar surface area (TPSA) is 75.1 Å². The monoisotopic (exact) mass is 428 g/mol. The molecule has 0 bridgehead atoms. The maximum absolute atomic E-state index is 12.4. The van der Waals surface area contributed by atoms with E-state index in [1.807, 2.05) is 29.8 Å². The molecular formula is C19H30Cl2N6O. The van der Waals surface area contributed by atoms with Gasteiger partial charge in [-0.1, -0.05) is 23.4 Å². The normalized spacial score (nSPS) is 13.9. The average Bonchev–Trinajstić information content (AvgIpc) is 3.07. The number of anilines is 1. The van der Waals surface area contributed by atoms with Crippen molar-refractivity contribution in [2.24, 2.45) is 0 Å². The molecule has 0 atom stereocenters. The lowest BCUT2D eigenvalue weighted by Gasteiger charge is -2.23. The summed E-state index contributed by atoms with van der Waals surface area (Å²) >= 11 is 0. The highest BCUT2D eigenvalue weighted by Crippen LogP contribution is 2.20. The van der Waals surface area contributed by atoms with E-state index in [0.717, 1.165) is 44.6 Å². The van der Waals surface area contributed by atoms with E-state index in [9.17, 15) is 4.79 Å². The summed E-state index contributed by atoms with van der Waals surface area (Å²) in [4.78, 5) is 14.6. The van der Waals surface area contributed by atoms with Gasteiger partial charge in [0, 0.05) is 25.8 Å². The molecular weight excluding hydrogens is 399 g/mol. The molecule has 2 N–H and O–H groups in total. The van der Waals surface area contributed by atoms with Crippen molar-refractivity contribution in [2.75, 3.05) is 38.1 Å². The molecule has 3 rings (SSSR count). The molecule has 0 radical (unpaired) electrons. The lowest BCUT2D eigenvalue weighted by Crippen LogP contribution is -2.31. The largest absolute Gasteiger partial charge is 0.375 e. The highest BCUT2D eigenvalue weighted by molar-refractivity contribution is 5.93. The number of amides is 1. The van der Waals surface area contributed by atoms with E-state index in [-0.39, 0.29) is 30.7 Å². The molecule has 1 aromatic heterocycles. The third-order valence-electron chi connectivity index (χ3n) is 4.95. The highest BCUT2D eigenvalue weighted by Gasteiger charge is 2.22. The first-order valence-electron chi connectivity index (χ1n) is 9.33. The number of halogens is 2. The van der Waals surface area contributed by atoms with Crippen LogP contribution in [0.1, 0.15) is 41.5 Å². The van der Waals surface area contributed by atoms with Crippen molar-refractivity contribution in [1.29, 1.82) is 0 Å². The number of nitrogens with zero attached hydrogens (tertiary/aromatic N) is 4. The van der Waals surface area contributed by atoms with Crippen LogP contribution in [0, 0.1) is 6.92 Å². The molecule has 1 aromatic carbocycles. The minimum atomic E-state index is -0.134. The van der Waals surface area contributed by atoms with Crippen LogP contribution < -0.4 is 15.5 Å². The third kappa shape index (κ3) is 6.09. The maximum Gasteiger partial charge on any atom is 0.273 e. The Labute approximate surface area is 179 Å². The number of piperidine rings is 1. The van der Waals surface area contributed by atoms with E-state index in [0.29, 0.717) is 18.3 Å². The van der Waals surface area contributed by atoms with E-state index in [1.54, 1.807) is 0 Å². The average molecular weight is 429 g/mol. The van der Waals surface area contributed by atoms with Gasteiger partial charge < -0.3 is 15.5 Å². The molecule has 1 amide bonds. The lowest BCUT2D eigenvalue weighted by atomic mass is 10.1. The van der Waals surface area contributed by atoms with Gasteiger partial charge in [0.2, 0.25) is 0 Å². The quantitative estimate of drug-likeness (QED) is 0.662. The van der Waals surface area contributed by atoms with Gasteiger partial charge in [-0.05, 0) is 51.4 Å². The van der Waals surface area contributed by atoms with Crippen molar-refractivity contribution in [2.45, 2.75) is 32.2 Å². The minimum Gasteiger partial charge on any atom is -0.375 e. The van der Waals surface area contributed by atoms with Crippen LogP contribution in [0.2, 0.25) is 0 Å². The Hall–Kier alpha value is -1.83. The molecule has 1 fully saturated rings. The number of hydrogen-bond donors (Lipinski definition) is 2. The van der Waals surface area contributed by atoms with Gasteiger partial charge in [-0.2, -0.15) is 0 Å². The first-order chi connectivity index (χ1) is 12.7. The Kier molecular flexibility index (Phi) is 10.3. The Morgan fingerprint density at radius 2 is 1.93 bits per heavy atom. The molecule has 28 heavy (non-hydrogen) atoms. The van der Waals surface area contributed by atoms with E-state index in [1.165, 1.54) is 5.69 Å². The first kappa shape index (κ1) is 24.2. The minimum absolute atomic E-state index is 0. The van der Waals surface area contributed by atoms with E-state index >= 15 is 0 Å². The van der Waals surface area contributed by atoms with Gasteiger partial charge in [-0.3, -0.25) is 4.79 Å². The number of benzene rings is 1. The number of aromatic nitrogens is 3. The summed E-state index contributed by atoms with van der Waals surface area (Å²) in [5, 5.41) is 14.7. The molecule has 156 valence electrons. The maximum atomic E-state index is 12.4. The number of nitrogens with one attached hydrogen (secondary N) is 2. The second-order valence-corrected chi connectivity index (χ2v) is 6.82. The van der Waals surface area contributed by atoms with Crippen molar-refractivity contribution >= 4 is 36.4 Å². The summed E-state index contributed by atoms with van der Waals surface area (Å²) in [5.74, 6) is -0.134. The van der Waals surface area contributed by atoms with Gasteiger partial charge in [-0.15, -0.1) is 29.9 Å². The van der Waals surface area contributed by atoms with E-state index in [4.69, 9.17) is 0 Å². The molecule has 7 nitrogen and oxygen atoms in total. The molecule has 9 heteroatoms. The first-order valence-corrected chi connectivity index (χ1v) is 9.33. The van der Waals surface area contributed by atoms with Crippen molar-refractivity contribution < 1.29 is 4.79 Å². The zero-order valence-corrected chi connectivity index (χ0v) is 18.1. The highest BCUT2D eigenvalue weighted by atomic mass is 35.5. The molecule has 1 aliphatic heterocycles. The van der Waals surface area contributed by atoms with Crippen LogP contribution in [0.25, 0.3) is 0 Å². The number of para-hydroxylation sites is 1. The van der Waals surface area contributed by atoms with Crippen LogP contribution in [0.3, 0.4) is 0 Å². The summed E-state index contributed by atoms with van der Waals surface area (Å²) in [5.41, 5.74) is 2.48. The van der Waals surface area contributed by atoms with Crippen molar-refractivity contribution in [1.82, 2.24) is 25.6 Å². The summed E-state index contributed by atoms with van der Waals surface area (Å²) in [6.45, 7) is 5.40. The smallest absolute Gasteiger partial charge is 0.273 e. The molecule has 1 aliphatic rings. The number of carbonyl (C=O) groups excluding carboxylic acids is 1. The summed E-state index contributed by atoms with van der Waals surface area (Å²) in [6, 6.07) is 10.6. The number of hydrogen-bond acceptors (Lipinski definition) is 5. The van der Waals surface area contributed by atoms with Crippen LogP contribution in [-0.2, 0) is 0 Å². The predicted octanol–water partition coefficient (Wildman–Crippen LogP) is 2.61. The van der Waals surface area contributed by atoms with E-state index in [2.05, 4.69) is 45.0 Å². The van der Waals surface area contributed by atoms with Crippen LogP contribution in [0.15, 0.2) is 30.3 Å². The van der Waals surface area contributed by atoms with Gasteiger partial charge in [0.05, 0.1) is 11.7 Å². The number of rotatable bonds is 7. The Morgan fingerprint density at radius 1 is 1.25 bits per heavy atom. The third-order valence-corrected chi connectivity index (χ3v) is 4.95. The van der Waals surface area contributed by atoms with E-state index < -0.39 is 0 Å². The molecule has 0 spiro atoms. The second kappa shape index (κ2) is 11.9. The van der Waals surface area contributed by atoms with Gasteiger partial charge in [0.15, 0.2) is 5.69 Å². The SMILES string of the molecule is Cc1c(C(=O)NCCCN(C)c2ccccc2)nnn1C1CCNCC1.Cl.Cl. The molecule has 2 heterocycles. The summed E-state index contributed by atoms with van der Waals surface area (Å²) in [7, 11) is 2.06. The molecule has 1 saturated heterocycles.